The first kappa shape index (κ1) is 14.9. The first-order chi connectivity index (χ1) is 9.00. The molecular formula is C12H20ClN2O3P. The van der Waals surface area contributed by atoms with Crippen LogP contribution in [0.15, 0.2) is 0 Å². The van der Waals surface area contributed by atoms with Crippen LogP contribution in [0.2, 0.25) is 0 Å². The summed E-state index contributed by atoms with van der Waals surface area (Å²) in [6.45, 7) is -3.17. The molecule has 0 spiro atoms. The van der Waals surface area contributed by atoms with Crippen molar-refractivity contribution in [1.29, 1.82) is 0 Å². The molecule has 0 bridgehead atoms. The van der Waals surface area contributed by atoms with E-state index in [4.69, 9.17) is 11.2 Å². The highest BCUT2D eigenvalue weighted by Gasteiger charge is 2.41. The third-order valence-electron chi connectivity index (χ3n) is 3.77. The van der Waals surface area contributed by atoms with Crippen molar-refractivity contribution in [3.05, 3.63) is 0 Å². The van der Waals surface area contributed by atoms with Crippen molar-refractivity contribution in [3.8, 4) is 0 Å². The zero-order chi connectivity index (χ0) is 13.9. The number of hydrogen-bond acceptors (Lipinski definition) is 3. The van der Waals surface area contributed by atoms with Gasteiger partial charge in [-0.1, -0.05) is 12.8 Å². The molecule has 19 heavy (non-hydrogen) atoms. The van der Waals surface area contributed by atoms with E-state index >= 15 is 0 Å². The van der Waals surface area contributed by atoms with Gasteiger partial charge >= 0.3 is 0 Å². The summed E-state index contributed by atoms with van der Waals surface area (Å²) in [5.41, 5.74) is 0. The van der Waals surface area contributed by atoms with Gasteiger partial charge in [0.1, 0.15) is 0 Å². The molecule has 2 aliphatic heterocycles. The fourth-order valence-corrected chi connectivity index (χ4v) is 5.67. The molecule has 108 valence electrons. The van der Waals surface area contributed by atoms with E-state index < -0.39 is 18.1 Å². The first-order valence-electron chi connectivity index (χ1n) is 6.88. The van der Waals surface area contributed by atoms with Crippen molar-refractivity contribution in [3.63, 3.8) is 0 Å². The average Bonchev–Trinajstić information content (AvgIpc) is 2.69. The number of rotatable bonds is 2. The number of nitrogens with one attached hydrogen (secondary N) is 2. The van der Waals surface area contributed by atoms with E-state index in [1.54, 1.807) is 0 Å². The van der Waals surface area contributed by atoms with Gasteiger partial charge in [-0.3, -0.25) is 9.59 Å². The molecule has 2 saturated heterocycles. The summed E-state index contributed by atoms with van der Waals surface area (Å²) in [6, 6.07) is 0. The molecule has 2 atom stereocenters. The molecule has 2 unspecified atom stereocenters. The lowest BCUT2D eigenvalue weighted by molar-refractivity contribution is -0.121. The van der Waals surface area contributed by atoms with Crippen LogP contribution in [-0.4, -0.2) is 23.4 Å². The Balaban J connectivity index is 2.12. The van der Waals surface area contributed by atoms with E-state index in [0.29, 0.717) is 25.7 Å². The Morgan fingerprint density at radius 1 is 0.895 bits per heavy atom. The summed E-state index contributed by atoms with van der Waals surface area (Å²) >= 11 is 6.30. The second-order valence-corrected chi connectivity index (χ2v) is 9.36. The normalized spacial score (nSPS) is 32.5. The van der Waals surface area contributed by atoms with Crippen molar-refractivity contribution in [2.45, 2.75) is 62.9 Å². The number of amides is 2. The standard InChI is InChI=1S/C12H20ClN2O3P/c13-19(18,11-7-3-1-5-9(16)14-11)12-8-4-2-6-10(17)15-12/h11-12H,1-8H2,(H,14,16)(H,15,17). The lowest BCUT2D eigenvalue weighted by Crippen LogP contribution is -2.39. The van der Waals surface area contributed by atoms with Crippen LogP contribution >= 0.6 is 17.7 Å². The van der Waals surface area contributed by atoms with Crippen molar-refractivity contribution >= 4 is 29.5 Å². The molecule has 0 aromatic heterocycles. The summed E-state index contributed by atoms with van der Waals surface area (Å²) in [6.07, 6.45) is 5.45. The van der Waals surface area contributed by atoms with Gasteiger partial charge in [-0.2, -0.15) is 0 Å². The van der Waals surface area contributed by atoms with Crippen LogP contribution in [0, 0.1) is 0 Å². The van der Waals surface area contributed by atoms with Crippen LogP contribution in [0.1, 0.15) is 51.4 Å². The van der Waals surface area contributed by atoms with E-state index in [1.165, 1.54) is 0 Å². The highest BCUT2D eigenvalue weighted by molar-refractivity contribution is 7.90. The molecule has 2 heterocycles. The molecule has 0 radical (unpaired) electrons. The SMILES string of the molecule is O=C1CCCCC(P(=O)(Cl)C2CCCCC(=O)N2)N1. The lowest BCUT2D eigenvalue weighted by atomic mass is 10.2. The predicted molar refractivity (Wildman–Crippen MR) is 74.3 cm³/mol. The zero-order valence-electron chi connectivity index (χ0n) is 10.9. The van der Waals surface area contributed by atoms with Crippen molar-refractivity contribution < 1.29 is 14.2 Å². The van der Waals surface area contributed by atoms with Gasteiger partial charge in [0.25, 0.3) is 0 Å². The predicted octanol–water partition coefficient (Wildman–Crippen LogP) is 2.54. The van der Waals surface area contributed by atoms with Gasteiger partial charge in [0.05, 0.1) is 11.6 Å². The van der Waals surface area contributed by atoms with Gasteiger partial charge in [-0.25, -0.2) is 0 Å². The highest BCUT2D eigenvalue weighted by atomic mass is 35.7. The van der Waals surface area contributed by atoms with E-state index in [0.717, 1.165) is 25.7 Å². The molecule has 0 saturated carbocycles. The summed E-state index contributed by atoms with van der Waals surface area (Å²) < 4.78 is 12.9. The summed E-state index contributed by atoms with van der Waals surface area (Å²) in [4.78, 5) is 23.2. The van der Waals surface area contributed by atoms with Crippen molar-refractivity contribution in [2.75, 3.05) is 0 Å². The molecule has 5 nitrogen and oxygen atoms in total. The Labute approximate surface area is 118 Å². The minimum Gasteiger partial charge on any atom is -0.345 e. The molecule has 0 aromatic rings. The lowest BCUT2D eigenvalue weighted by Gasteiger charge is -2.29. The van der Waals surface area contributed by atoms with Gasteiger partial charge < -0.3 is 15.2 Å². The molecule has 2 amide bonds. The van der Waals surface area contributed by atoms with Crippen LogP contribution in [-0.2, 0) is 14.2 Å². The molecular weight excluding hydrogens is 287 g/mol. The van der Waals surface area contributed by atoms with E-state index in [1.807, 2.05) is 0 Å². The largest absolute Gasteiger partial charge is 0.345 e. The smallest absolute Gasteiger partial charge is 0.220 e. The maximum absolute atomic E-state index is 12.9. The minimum atomic E-state index is -3.17. The van der Waals surface area contributed by atoms with Crippen molar-refractivity contribution in [1.82, 2.24) is 10.6 Å². The second kappa shape index (κ2) is 6.27. The van der Waals surface area contributed by atoms with Crippen LogP contribution in [0.25, 0.3) is 0 Å². The number of halogens is 1. The highest BCUT2D eigenvalue weighted by Crippen LogP contribution is 2.61. The fourth-order valence-electron chi connectivity index (χ4n) is 2.65. The number of carbonyl (C=O) groups excluding carboxylic acids is 2. The Kier molecular flexibility index (Phi) is 4.91. The van der Waals surface area contributed by atoms with Crippen LogP contribution in [0.5, 0.6) is 0 Å². The van der Waals surface area contributed by atoms with Crippen LogP contribution in [0.4, 0.5) is 0 Å². The van der Waals surface area contributed by atoms with E-state index in [9.17, 15) is 14.2 Å². The van der Waals surface area contributed by atoms with Crippen molar-refractivity contribution in [2.24, 2.45) is 0 Å². The molecule has 2 N–H and O–H groups in total. The van der Waals surface area contributed by atoms with E-state index in [2.05, 4.69) is 10.6 Å². The molecule has 2 fully saturated rings. The fraction of sp³-hybridized carbons (Fsp3) is 0.833. The molecule has 0 aromatic carbocycles. The Bertz CT molecular complexity index is 382. The van der Waals surface area contributed by atoms with Gasteiger partial charge in [0.2, 0.25) is 18.3 Å². The Morgan fingerprint density at radius 2 is 1.32 bits per heavy atom. The summed E-state index contributed by atoms with van der Waals surface area (Å²) in [5, 5.41) is 5.53. The average molecular weight is 307 g/mol. The topological polar surface area (TPSA) is 75.3 Å². The number of carbonyl (C=O) groups is 2. The molecule has 2 aliphatic rings. The van der Waals surface area contributed by atoms with Gasteiger partial charge in [0, 0.05) is 12.8 Å². The van der Waals surface area contributed by atoms with Gasteiger partial charge in [-0.05, 0) is 36.9 Å². The van der Waals surface area contributed by atoms with Crippen LogP contribution < -0.4 is 10.6 Å². The monoisotopic (exact) mass is 306 g/mol. The van der Waals surface area contributed by atoms with E-state index in [-0.39, 0.29) is 11.8 Å². The maximum Gasteiger partial charge on any atom is 0.220 e. The summed E-state index contributed by atoms with van der Waals surface area (Å²) in [5.74, 6) is -1.20. The molecule has 7 heteroatoms. The van der Waals surface area contributed by atoms with Crippen LogP contribution in [0.3, 0.4) is 0 Å². The Hall–Kier alpha value is -0.540. The molecule has 0 aliphatic carbocycles. The minimum absolute atomic E-state index is 0.0941. The first-order valence-corrected chi connectivity index (χ1v) is 9.63. The Morgan fingerprint density at radius 3 is 1.74 bits per heavy atom. The molecule has 2 rings (SSSR count). The van der Waals surface area contributed by atoms with Gasteiger partial charge in [0.15, 0.2) is 0 Å². The maximum atomic E-state index is 12.9. The third kappa shape index (κ3) is 3.73. The number of hydrogen-bond donors (Lipinski definition) is 2. The third-order valence-corrected chi connectivity index (χ3v) is 7.66. The zero-order valence-corrected chi connectivity index (χ0v) is 12.5. The quantitative estimate of drug-likeness (QED) is 0.770. The summed E-state index contributed by atoms with van der Waals surface area (Å²) in [7, 11) is 0. The van der Waals surface area contributed by atoms with Gasteiger partial charge in [-0.15, -0.1) is 0 Å². The second-order valence-electron chi connectivity index (χ2n) is 5.28.